The van der Waals surface area contributed by atoms with Gasteiger partial charge in [-0.3, -0.25) is 4.98 Å². The highest BCUT2D eigenvalue weighted by molar-refractivity contribution is 5.78. The zero-order valence-corrected chi connectivity index (χ0v) is 9.51. The number of para-hydroxylation sites is 1. The summed E-state index contributed by atoms with van der Waals surface area (Å²) in [6, 6.07) is 9.79. The number of benzene rings is 1. The molecule has 0 aliphatic heterocycles. The van der Waals surface area contributed by atoms with E-state index >= 15 is 0 Å². The van der Waals surface area contributed by atoms with Gasteiger partial charge in [-0.15, -0.1) is 0 Å². The number of aromatic nitrogens is 1. The number of hydrogen-bond acceptors (Lipinski definition) is 3. The molecule has 18 heavy (non-hydrogen) atoms. The van der Waals surface area contributed by atoms with Gasteiger partial charge in [0.25, 0.3) is 0 Å². The zero-order chi connectivity index (χ0) is 12.5. The van der Waals surface area contributed by atoms with Crippen molar-refractivity contribution in [1.29, 1.82) is 0 Å². The van der Waals surface area contributed by atoms with Crippen molar-refractivity contribution in [2.75, 3.05) is 0 Å². The van der Waals surface area contributed by atoms with Crippen LogP contribution in [-0.4, -0.2) is 4.98 Å². The van der Waals surface area contributed by atoms with Gasteiger partial charge in [-0.2, -0.15) is 0 Å². The van der Waals surface area contributed by atoms with Crippen LogP contribution < -0.4 is 5.73 Å². The third kappa shape index (κ3) is 1.76. The second-order valence-corrected chi connectivity index (χ2v) is 4.07. The molecule has 3 nitrogen and oxygen atoms in total. The van der Waals surface area contributed by atoms with Crippen LogP contribution in [0, 0.1) is 5.82 Å². The fourth-order valence-electron chi connectivity index (χ4n) is 1.92. The van der Waals surface area contributed by atoms with Crippen LogP contribution in [0.5, 0.6) is 0 Å². The Morgan fingerprint density at radius 1 is 1.22 bits per heavy atom. The number of halogens is 1. The molecule has 0 aliphatic carbocycles. The lowest BCUT2D eigenvalue weighted by molar-refractivity contribution is 0.502. The minimum atomic E-state index is -0.439. The normalized spacial score (nSPS) is 12.8. The minimum Gasteiger partial charge on any atom is -0.456 e. The summed E-state index contributed by atoms with van der Waals surface area (Å²) in [7, 11) is 0. The molecule has 0 amide bonds. The minimum absolute atomic E-state index is 0.242. The van der Waals surface area contributed by atoms with Crippen molar-refractivity contribution in [2.45, 2.75) is 6.04 Å². The van der Waals surface area contributed by atoms with Crippen molar-refractivity contribution < 1.29 is 8.81 Å². The molecule has 0 fully saturated rings. The van der Waals surface area contributed by atoms with E-state index in [9.17, 15) is 4.39 Å². The summed E-state index contributed by atoms with van der Waals surface area (Å²) in [6.45, 7) is 0. The predicted molar refractivity (Wildman–Crippen MR) is 66.4 cm³/mol. The topological polar surface area (TPSA) is 52.0 Å². The van der Waals surface area contributed by atoms with Crippen LogP contribution >= 0.6 is 0 Å². The van der Waals surface area contributed by atoms with Crippen LogP contribution in [0.1, 0.15) is 17.4 Å². The number of furan rings is 1. The summed E-state index contributed by atoms with van der Waals surface area (Å²) >= 11 is 0. The molecular formula is C14H11FN2O. The first-order chi connectivity index (χ1) is 8.75. The third-order valence-electron chi connectivity index (χ3n) is 2.87. The Kier molecular flexibility index (Phi) is 2.57. The highest BCUT2D eigenvalue weighted by Crippen LogP contribution is 2.27. The molecule has 3 rings (SSSR count). The highest BCUT2D eigenvalue weighted by atomic mass is 19.1. The average Bonchev–Trinajstić information content (AvgIpc) is 2.84. The number of fused-ring (bicyclic) bond motifs is 1. The Bertz CT molecular complexity index is 679. The van der Waals surface area contributed by atoms with E-state index in [1.165, 1.54) is 6.07 Å². The van der Waals surface area contributed by atoms with E-state index in [0.29, 0.717) is 11.1 Å². The van der Waals surface area contributed by atoms with E-state index in [2.05, 4.69) is 4.98 Å². The molecular weight excluding hydrogens is 231 g/mol. The van der Waals surface area contributed by atoms with Crippen LogP contribution in [0.4, 0.5) is 4.39 Å². The Labute approximate surface area is 103 Å². The molecule has 3 aromatic rings. The summed E-state index contributed by atoms with van der Waals surface area (Å²) in [5, 5.41) is 0.712. The van der Waals surface area contributed by atoms with Crippen LogP contribution in [0.15, 0.2) is 53.2 Å². The molecule has 4 heteroatoms. The maximum absolute atomic E-state index is 13.5. The van der Waals surface area contributed by atoms with E-state index in [0.717, 1.165) is 5.56 Å². The van der Waals surface area contributed by atoms with E-state index in [1.54, 1.807) is 36.7 Å². The smallest absolute Gasteiger partial charge is 0.169 e. The molecule has 0 saturated heterocycles. The molecule has 2 aromatic heterocycles. The van der Waals surface area contributed by atoms with Crippen molar-refractivity contribution in [3.05, 3.63) is 65.9 Å². The SMILES string of the molecule is NC(c1cccnc1)c1cc2cccc(F)c2o1. The summed E-state index contributed by atoms with van der Waals surface area (Å²) in [6.07, 6.45) is 3.35. The van der Waals surface area contributed by atoms with Gasteiger partial charge in [0.15, 0.2) is 11.4 Å². The average molecular weight is 242 g/mol. The van der Waals surface area contributed by atoms with Gasteiger partial charge in [-0.1, -0.05) is 18.2 Å². The zero-order valence-electron chi connectivity index (χ0n) is 9.51. The van der Waals surface area contributed by atoms with Crippen molar-refractivity contribution in [3.63, 3.8) is 0 Å². The number of pyridine rings is 1. The predicted octanol–water partition coefficient (Wildman–Crippen LogP) is 3.02. The number of hydrogen-bond donors (Lipinski definition) is 1. The number of nitrogens with zero attached hydrogens (tertiary/aromatic N) is 1. The van der Waals surface area contributed by atoms with Crippen LogP contribution in [0.3, 0.4) is 0 Å². The van der Waals surface area contributed by atoms with Gasteiger partial charge < -0.3 is 10.2 Å². The lowest BCUT2D eigenvalue weighted by Gasteiger charge is -2.07. The van der Waals surface area contributed by atoms with Gasteiger partial charge in [-0.05, 0) is 23.8 Å². The Morgan fingerprint density at radius 3 is 2.83 bits per heavy atom. The van der Waals surface area contributed by atoms with Crippen molar-refractivity contribution in [3.8, 4) is 0 Å². The molecule has 1 unspecified atom stereocenters. The van der Waals surface area contributed by atoms with Crippen LogP contribution in [0.25, 0.3) is 11.0 Å². The molecule has 2 N–H and O–H groups in total. The summed E-state index contributed by atoms with van der Waals surface area (Å²) in [4.78, 5) is 4.01. The maximum atomic E-state index is 13.5. The summed E-state index contributed by atoms with van der Waals surface area (Å²) in [5.74, 6) is 0.153. The van der Waals surface area contributed by atoms with Gasteiger partial charge in [0.2, 0.25) is 0 Å². The fraction of sp³-hybridized carbons (Fsp3) is 0.0714. The molecule has 90 valence electrons. The summed E-state index contributed by atoms with van der Waals surface area (Å²) < 4.78 is 19.0. The van der Waals surface area contributed by atoms with Gasteiger partial charge in [0.05, 0.1) is 6.04 Å². The van der Waals surface area contributed by atoms with Gasteiger partial charge in [0.1, 0.15) is 5.76 Å². The third-order valence-corrected chi connectivity index (χ3v) is 2.87. The van der Waals surface area contributed by atoms with E-state index in [-0.39, 0.29) is 11.4 Å². The van der Waals surface area contributed by atoms with Gasteiger partial charge >= 0.3 is 0 Å². The molecule has 0 spiro atoms. The van der Waals surface area contributed by atoms with E-state index in [1.807, 2.05) is 6.07 Å². The Morgan fingerprint density at radius 2 is 2.11 bits per heavy atom. The van der Waals surface area contributed by atoms with Gasteiger partial charge in [-0.25, -0.2) is 4.39 Å². The Balaban J connectivity index is 2.07. The first-order valence-electron chi connectivity index (χ1n) is 5.59. The van der Waals surface area contributed by atoms with Crippen molar-refractivity contribution >= 4 is 11.0 Å². The van der Waals surface area contributed by atoms with E-state index < -0.39 is 6.04 Å². The maximum Gasteiger partial charge on any atom is 0.169 e. The first-order valence-corrected chi connectivity index (χ1v) is 5.59. The quantitative estimate of drug-likeness (QED) is 0.751. The second-order valence-electron chi connectivity index (χ2n) is 4.07. The fourth-order valence-corrected chi connectivity index (χ4v) is 1.92. The standard InChI is InChI=1S/C14H11FN2O/c15-11-5-1-3-9-7-12(18-14(9)11)13(16)10-4-2-6-17-8-10/h1-8,13H,16H2. The number of nitrogens with two attached hydrogens (primary N) is 1. The van der Waals surface area contributed by atoms with Gasteiger partial charge in [0, 0.05) is 17.8 Å². The molecule has 1 aromatic carbocycles. The van der Waals surface area contributed by atoms with Crippen molar-refractivity contribution in [1.82, 2.24) is 4.98 Å². The largest absolute Gasteiger partial charge is 0.456 e. The number of rotatable bonds is 2. The highest BCUT2D eigenvalue weighted by Gasteiger charge is 2.15. The first kappa shape index (κ1) is 10.9. The molecule has 0 aliphatic rings. The van der Waals surface area contributed by atoms with E-state index in [4.69, 9.17) is 10.2 Å². The molecule has 0 radical (unpaired) electrons. The monoisotopic (exact) mass is 242 g/mol. The van der Waals surface area contributed by atoms with Crippen molar-refractivity contribution in [2.24, 2.45) is 5.73 Å². The lowest BCUT2D eigenvalue weighted by atomic mass is 10.1. The summed E-state index contributed by atoms with van der Waals surface area (Å²) in [5.41, 5.74) is 7.15. The van der Waals surface area contributed by atoms with Crippen LogP contribution in [0.2, 0.25) is 0 Å². The lowest BCUT2D eigenvalue weighted by Crippen LogP contribution is -2.10. The molecule has 0 saturated carbocycles. The van der Waals surface area contributed by atoms with Crippen LogP contribution in [-0.2, 0) is 0 Å². The molecule has 2 heterocycles. The molecule has 1 atom stereocenters. The second kappa shape index (κ2) is 4.23. The molecule has 0 bridgehead atoms. The Hall–Kier alpha value is -2.20.